The summed E-state index contributed by atoms with van der Waals surface area (Å²) in [7, 11) is 0. The molecule has 94 valence electrons. The molecule has 4 nitrogen and oxygen atoms in total. The largest absolute Gasteiger partial charge is 0.354 e. The first kappa shape index (κ1) is 12.8. The molecule has 2 rings (SSSR count). The molecular formula is C12H19BrN4. The first-order valence-electron chi connectivity index (χ1n) is 6.09. The van der Waals surface area contributed by atoms with Crippen LogP contribution >= 0.6 is 15.9 Å². The van der Waals surface area contributed by atoms with Crippen molar-refractivity contribution in [1.29, 1.82) is 0 Å². The van der Waals surface area contributed by atoms with Crippen LogP contribution in [-0.4, -0.2) is 49.2 Å². The van der Waals surface area contributed by atoms with Crippen molar-refractivity contribution < 1.29 is 0 Å². The van der Waals surface area contributed by atoms with E-state index in [1.54, 1.807) is 0 Å². The molecule has 17 heavy (non-hydrogen) atoms. The first-order chi connectivity index (χ1) is 8.31. The molecule has 1 fully saturated rings. The van der Waals surface area contributed by atoms with Crippen molar-refractivity contribution >= 4 is 21.7 Å². The van der Waals surface area contributed by atoms with Gasteiger partial charge in [-0.2, -0.15) is 0 Å². The number of nitrogens with two attached hydrogens (primary N) is 1. The molecule has 0 unspecified atom stereocenters. The number of halogens is 1. The maximum absolute atomic E-state index is 5.61. The highest BCUT2D eigenvalue weighted by atomic mass is 79.9. The fraction of sp³-hybridized carbons (Fsp3) is 0.583. The van der Waals surface area contributed by atoms with Crippen molar-refractivity contribution in [1.82, 2.24) is 9.88 Å². The number of nitrogens with zero attached hydrogens (tertiary/aromatic N) is 3. The van der Waals surface area contributed by atoms with Crippen LogP contribution in [0.2, 0.25) is 0 Å². The van der Waals surface area contributed by atoms with Gasteiger partial charge in [0.2, 0.25) is 0 Å². The minimum atomic E-state index is 0.743. The molecule has 0 saturated carbocycles. The van der Waals surface area contributed by atoms with Gasteiger partial charge in [0.25, 0.3) is 0 Å². The maximum Gasteiger partial charge on any atom is 0.142 e. The molecule has 0 spiro atoms. The molecule has 1 aliphatic heterocycles. The van der Waals surface area contributed by atoms with Crippen molar-refractivity contribution in [2.24, 2.45) is 5.73 Å². The minimum absolute atomic E-state index is 0.743. The highest BCUT2D eigenvalue weighted by Gasteiger charge is 2.16. The fourth-order valence-electron chi connectivity index (χ4n) is 2.20. The molecule has 0 radical (unpaired) electrons. The summed E-state index contributed by atoms with van der Waals surface area (Å²) in [5.41, 5.74) is 5.61. The summed E-state index contributed by atoms with van der Waals surface area (Å²) in [6.07, 6.45) is 3.02. The van der Waals surface area contributed by atoms with Crippen LogP contribution in [0.4, 0.5) is 5.82 Å². The Morgan fingerprint density at radius 2 is 2.18 bits per heavy atom. The van der Waals surface area contributed by atoms with Gasteiger partial charge in [-0.3, -0.25) is 0 Å². The molecule has 5 heteroatoms. The van der Waals surface area contributed by atoms with E-state index in [0.29, 0.717) is 0 Å². The standard InChI is InChI=1S/C12H19BrN4/c13-11-3-1-5-15-12(11)17-7-2-6-16(8-4-14)9-10-17/h1,3,5H,2,4,6-10,14H2. The van der Waals surface area contributed by atoms with Gasteiger partial charge in [-0.05, 0) is 41.0 Å². The Labute approximate surface area is 111 Å². The van der Waals surface area contributed by atoms with Crippen LogP contribution in [0.1, 0.15) is 6.42 Å². The Hall–Kier alpha value is -0.650. The van der Waals surface area contributed by atoms with Crippen LogP contribution < -0.4 is 10.6 Å². The van der Waals surface area contributed by atoms with Gasteiger partial charge < -0.3 is 15.5 Å². The summed E-state index contributed by atoms with van der Waals surface area (Å²) < 4.78 is 1.08. The summed E-state index contributed by atoms with van der Waals surface area (Å²) >= 11 is 3.57. The van der Waals surface area contributed by atoms with Gasteiger partial charge in [0.15, 0.2) is 0 Å². The van der Waals surface area contributed by atoms with Crippen molar-refractivity contribution in [3.05, 3.63) is 22.8 Å². The zero-order chi connectivity index (χ0) is 12.1. The van der Waals surface area contributed by atoms with Crippen molar-refractivity contribution in [3.63, 3.8) is 0 Å². The van der Waals surface area contributed by atoms with E-state index >= 15 is 0 Å². The third-order valence-electron chi connectivity index (χ3n) is 3.07. The van der Waals surface area contributed by atoms with E-state index in [4.69, 9.17) is 5.73 Å². The average Bonchev–Trinajstić information content (AvgIpc) is 2.56. The summed E-state index contributed by atoms with van der Waals surface area (Å²) in [6.45, 7) is 6.04. The lowest BCUT2D eigenvalue weighted by atomic mass is 10.3. The molecule has 0 amide bonds. The summed E-state index contributed by atoms with van der Waals surface area (Å²) in [5.74, 6) is 1.06. The molecule has 2 heterocycles. The van der Waals surface area contributed by atoms with E-state index in [1.165, 1.54) is 6.42 Å². The Kier molecular flexibility index (Phi) is 4.76. The maximum atomic E-state index is 5.61. The highest BCUT2D eigenvalue weighted by molar-refractivity contribution is 9.10. The molecule has 1 saturated heterocycles. The molecule has 1 aromatic rings. The van der Waals surface area contributed by atoms with E-state index in [-0.39, 0.29) is 0 Å². The number of rotatable bonds is 3. The Balaban J connectivity index is 2.01. The molecule has 0 aliphatic carbocycles. The second-order valence-corrected chi connectivity index (χ2v) is 5.13. The van der Waals surface area contributed by atoms with Gasteiger partial charge in [0, 0.05) is 38.9 Å². The van der Waals surface area contributed by atoms with Gasteiger partial charge in [0.1, 0.15) is 5.82 Å². The molecule has 0 aromatic carbocycles. The minimum Gasteiger partial charge on any atom is -0.354 e. The molecule has 2 N–H and O–H groups in total. The summed E-state index contributed by atoms with van der Waals surface area (Å²) in [6, 6.07) is 4.00. The second-order valence-electron chi connectivity index (χ2n) is 4.28. The van der Waals surface area contributed by atoms with Gasteiger partial charge in [-0.25, -0.2) is 4.98 Å². The third-order valence-corrected chi connectivity index (χ3v) is 3.69. The van der Waals surface area contributed by atoms with Gasteiger partial charge in [0.05, 0.1) is 4.47 Å². The van der Waals surface area contributed by atoms with E-state index < -0.39 is 0 Å². The van der Waals surface area contributed by atoms with Crippen LogP contribution in [0, 0.1) is 0 Å². The lowest BCUT2D eigenvalue weighted by Gasteiger charge is -2.23. The number of hydrogen-bond acceptors (Lipinski definition) is 4. The highest BCUT2D eigenvalue weighted by Crippen LogP contribution is 2.23. The fourth-order valence-corrected chi connectivity index (χ4v) is 2.70. The van der Waals surface area contributed by atoms with Crippen LogP contribution in [-0.2, 0) is 0 Å². The van der Waals surface area contributed by atoms with Crippen LogP contribution in [0.5, 0.6) is 0 Å². The van der Waals surface area contributed by atoms with Gasteiger partial charge >= 0.3 is 0 Å². The smallest absolute Gasteiger partial charge is 0.142 e. The SMILES string of the molecule is NCCN1CCCN(c2ncccc2Br)CC1. The average molecular weight is 299 g/mol. The molecule has 1 aromatic heterocycles. The predicted octanol–water partition coefficient (Wildman–Crippen LogP) is 1.31. The first-order valence-corrected chi connectivity index (χ1v) is 6.88. The van der Waals surface area contributed by atoms with Crippen molar-refractivity contribution in [2.45, 2.75) is 6.42 Å². The molecule has 1 aliphatic rings. The molecular weight excluding hydrogens is 280 g/mol. The Bertz CT molecular complexity index is 358. The van der Waals surface area contributed by atoms with Crippen LogP contribution in [0.3, 0.4) is 0 Å². The third kappa shape index (κ3) is 3.40. The molecule has 0 atom stereocenters. The van der Waals surface area contributed by atoms with Crippen molar-refractivity contribution in [2.75, 3.05) is 44.2 Å². The van der Waals surface area contributed by atoms with Gasteiger partial charge in [-0.15, -0.1) is 0 Å². The summed E-state index contributed by atoms with van der Waals surface area (Å²) in [4.78, 5) is 9.23. The zero-order valence-corrected chi connectivity index (χ0v) is 11.6. The molecule has 0 bridgehead atoms. The lowest BCUT2D eigenvalue weighted by molar-refractivity contribution is 0.302. The van der Waals surface area contributed by atoms with Crippen LogP contribution in [0.15, 0.2) is 22.8 Å². The number of anilines is 1. The number of pyridine rings is 1. The van der Waals surface area contributed by atoms with Gasteiger partial charge in [-0.1, -0.05) is 0 Å². The Morgan fingerprint density at radius 3 is 2.94 bits per heavy atom. The Morgan fingerprint density at radius 1 is 1.29 bits per heavy atom. The normalized spacial score (nSPS) is 18.1. The topological polar surface area (TPSA) is 45.4 Å². The number of hydrogen-bond donors (Lipinski definition) is 1. The van der Waals surface area contributed by atoms with E-state index in [2.05, 4.69) is 30.7 Å². The second kappa shape index (κ2) is 6.33. The monoisotopic (exact) mass is 298 g/mol. The number of aromatic nitrogens is 1. The van der Waals surface area contributed by atoms with Crippen molar-refractivity contribution in [3.8, 4) is 0 Å². The zero-order valence-electron chi connectivity index (χ0n) is 9.98. The van der Waals surface area contributed by atoms with Crippen LogP contribution in [0.25, 0.3) is 0 Å². The predicted molar refractivity (Wildman–Crippen MR) is 74.3 cm³/mol. The van der Waals surface area contributed by atoms with E-state index in [1.807, 2.05) is 18.3 Å². The lowest BCUT2D eigenvalue weighted by Crippen LogP contribution is -2.34. The van der Waals surface area contributed by atoms with E-state index in [0.717, 1.165) is 49.6 Å². The quantitative estimate of drug-likeness (QED) is 0.914. The summed E-state index contributed by atoms with van der Waals surface area (Å²) in [5, 5.41) is 0. The van der Waals surface area contributed by atoms with E-state index in [9.17, 15) is 0 Å².